The van der Waals surface area contributed by atoms with Gasteiger partial charge in [0.1, 0.15) is 5.82 Å². The lowest BCUT2D eigenvalue weighted by atomic mass is 10.0. The maximum Gasteiger partial charge on any atom is 0.416 e. The zero-order valence-corrected chi connectivity index (χ0v) is 20.0. The van der Waals surface area contributed by atoms with Gasteiger partial charge in [0.2, 0.25) is 0 Å². The summed E-state index contributed by atoms with van der Waals surface area (Å²) in [5.41, 5.74) is 4.72. The quantitative estimate of drug-likeness (QED) is 0.311. The molecule has 5 rings (SSSR count). The van der Waals surface area contributed by atoms with E-state index in [4.69, 9.17) is 9.97 Å². The van der Waals surface area contributed by atoms with Gasteiger partial charge in [-0.15, -0.1) is 0 Å². The standard InChI is InChI=1S/C28H22F3N5O/c1-17-8-9-22(33-27(37)18-5-3-7-21(13-18)28(29,30)31)14-20(17)15-24-34-23-10-12-36(2)26(23)25(35-24)19-6-4-11-32-16-19/h3-14,16H,15H2,1-2H3,(H,33,37). The molecule has 0 unspecified atom stereocenters. The van der Waals surface area contributed by atoms with Gasteiger partial charge in [-0.1, -0.05) is 12.1 Å². The number of rotatable bonds is 5. The van der Waals surface area contributed by atoms with E-state index in [9.17, 15) is 18.0 Å². The Labute approximate surface area is 210 Å². The number of pyridine rings is 1. The normalized spacial score (nSPS) is 11.6. The molecule has 0 fully saturated rings. The van der Waals surface area contributed by atoms with E-state index in [0.717, 1.165) is 45.6 Å². The van der Waals surface area contributed by atoms with Crippen LogP contribution in [0.25, 0.3) is 22.3 Å². The van der Waals surface area contributed by atoms with Crippen LogP contribution in [0.1, 0.15) is 32.9 Å². The molecule has 0 aliphatic carbocycles. The number of carbonyl (C=O) groups excluding carboxylic acids is 1. The average molecular weight is 502 g/mol. The number of alkyl halides is 3. The maximum atomic E-state index is 13.0. The predicted molar refractivity (Wildman–Crippen MR) is 135 cm³/mol. The smallest absolute Gasteiger partial charge is 0.347 e. The molecule has 2 aromatic carbocycles. The molecular weight excluding hydrogens is 479 g/mol. The molecule has 0 bridgehead atoms. The lowest BCUT2D eigenvalue weighted by Crippen LogP contribution is -2.14. The van der Waals surface area contributed by atoms with Crippen molar-refractivity contribution in [3.63, 3.8) is 0 Å². The Hall–Kier alpha value is -4.53. The number of hydrogen-bond donors (Lipinski definition) is 1. The number of nitrogens with zero attached hydrogens (tertiary/aromatic N) is 4. The SMILES string of the molecule is Cc1ccc(NC(=O)c2cccc(C(F)(F)F)c2)cc1Cc1nc(-c2cccnc2)c2c(ccn2C)n1. The molecule has 3 aromatic heterocycles. The largest absolute Gasteiger partial charge is 0.416 e. The highest BCUT2D eigenvalue weighted by molar-refractivity contribution is 6.04. The Bertz CT molecular complexity index is 1610. The second kappa shape index (κ2) is 9.50. The van der Waals surface area contributed by atoms with Crippen molar-refractivity contribution in [3.05, 3.63) is 107 Å². The molecule has 5 aromatic rings. The molecule has 0 saturated heterocycles. The first-order valence-electron chi connectivity index (χ1n) is 11.5. The Kier molecular flexibility index (Phi) is 6.20. The molecule has 0 radical (unpaired) electrons. The second-order valence-electron chi connectivity index (χ2n) is 8.74. The van der Waals surface area contributed by atoms with E-state index in [1.807, 2.05) is 49.0 Å². The van der Waals surface area contributed by atoms with Crippen LogP contribution in [0.15, 0.2) is 79.3 Å². The summed E-state index contributed by atoms with van der Waals surface area (Å²) >= 11 is 0. The van der Waals surface area contributed by atoms with Gasteiger partial charge in [0, 0.05) is 48.9 Å². The van der Waals surface area contributed by atoms with Crippen molar-refractivity contribution in [1.82, 2.24) is 19.5 Å². The zero-order chi connectivity index (χ0) is 26.2. The second-order valence-corrected chi connectivity index (χ2v) is 8.74. The lowest BCUT2D eigenvalue weighted by Gasteiger charge is -2.12. The molecule has 0 aliphatic heterocycles. The van der Waals surface area contributed by atoms with Gasteiger partial charge in [-0.3, -0.25) is 9.78 Å². The van der Waals surface area contributed by atoms with Crippen molar-refractivity contribution in [2.45, 2.75) is 19.5 Å². The minimum atomic E-state index is -4.53. The van der Waals surface area contributed by atoms with E-state index in [1.54, 1.807) is 24.5 Å². The van der Waals surface area contributed by atoms with Crippen molar-refractivity contribution >= 4 is 22.6 Å². The van der Waals surface area contributed by atoms with Gasteiger partial charge in [-0.05, 0) is 66.6 Å². The Balaban J connectivity index is 1.44. The number of anilines is 1. The molecule has 0 saturated carbocycles. The zero-order valence-electron chi connectivity index (χ0n) is 20.0. The van der Waals surface area contributed by atoms with Crippen LogP contribution in [0.2, 0.25) is 0 Å². The summed E-state index contributed by atoms with van der Waals surface area (Å²) in [7, 11) is 1.94. The first-order chi connectivity index (χ1) is 17.7. The summed E-state index contributed by atoms with van der Waals surface area (Å²) in [4.78, 5) is 26.5. The van der Waals surface area contributed by atoms with Crippen LogP contribution in [0.3, 0.4) is 0 Å². The number of nitrogens with one attached hydrogen (secondary N) is 1. The van der Waals surface area contributed by atoms with Crippen molar-refractivity contribution in [2.75, 3.05) is 5.32 Å². The summed E-state index contributed by atoms with van der Waals surface area (Å²) in [6.07, 6.45) is 1.27. The van der Waals surface area contributed by atoms with Crippen LogP contribution >= 0.6 is 0 Å². The molecule has 0 aliphatic rings. The van der Waals surface area contributed by atoms with Gasteiger partial charge in [-0.25, -0.2) is 9.97 Å². The molecule has 186 valence electrons. The number of carbonyl (C=O) groups is 1. The molecule has 0 spiro atoms. The molecular formula is C28H22F3N5O. The average Bonchev–Trinajstić information content (AvgIpc) is 3.26. The Morgan fingerprint density at radius 1 is 1.03 bits per heavy atom. The van der Waals surface area contributed by atoms with Gasteiger partial charge >= 0.3 is 6.18 Å². The van der Waals surface area contributed by atoms with E-state index in [1.165, 1.54) is 12.1 Å². The van der Waals surface area contributed by atoms with E-state index < -0.39 is 17.6 Å². The lowest BCUT2D eigenvalue weighted by molar-refractivity contribution is -0.137. The van der Waals surface area contributed by atoms with Gasteiger partial charge < -0.3 is 9.88 Å². The molecule has 37 heavy (non-hydrogen) atoms. The Morgan fingerprint density at radius 2 is 1.86 bits per heavy atom. The van der Waals surface area contributed by atoms with E-state index in [0.29, 0.717) is 17.9 Å². The highest BCUT2D eigenvalue weighted by Gasteiger charge is 2.31. The number of benzene rings is 2. The summed E-state index contributed by atoms with van der Waals surface area (Å²) in [6, 6.07) is 15.4. The molecule has 6 nitrogen and oxygen atoms in total. The number of aromatic nitrogens is 4. The first-order valence-corrected chi connectivity index (χ1v) is 11.5. The van der Waals surface area contributed by atoms with Crippen LogP contribution in [0.4, 0.5) is 18.9 Å². The molecule has 0 atom stereocenters. The van der Waals surface area contributed by atoms with Gasteiger partial charge in [0.05, 0.1) is 22.3 Å². The third kappa shape index (κ3) is 5.06. The van der Waals surface area contributed by atoms with Crippen LogP contribution in [-0.4, -0.2) is 25.4 Å². The number of hydrogen-bond acceptors (Lipinski definition) is 4. The highest BCUT2D eigenvalue weighted by Crippen LogP contribution is 2.30. The van der Waals surface area contributed by atoms with E-state index >= 15 is 0 Å². The monoisotopic (exact) mass is 501 g/mol. The molecule has 1 amide bonds. The summed E-state index contributed by atoms with van der Waals surface area (Å²) in [5.74, 6) is -0.0243. The molecule has 9 heteroatoms. The number of aryl methyl sites for hydroxylation is 2. The van der Waals surface area contributed by atoms with Crippen LogP contribution < -0.4 is 5.32 Å². The third-order valence-corrected chi connectivity index (χ3v) is 6.11. The Morgan fingerprint density at radius 3 is 2.62 bits per heavy atom. The van der Waals surface area contributed by atoms with Gasteiger partial charge in [0.15, 0.2) is 0 Å². The highest BCUT2D eigenvalue weighted by atomic mass is 19.4. The minimum absolute atomic E-state index is 0.0732. The third-order valence-electron chi connectivity index (χ3n) is 6.11. The van der Waals surface area contributed by atoms with Crippen LogP contribution in [0.5, 0.6) is 0 Å². The van der Waals surface area contributed by atoms with E-state index in [2.05, 4.69) is 10.3 Å². The van der Waals surface area contributed by atoms with Crippen LogP contribution in [0, 0.1) is 6.92 Å². The number of fused-ring (bicyclic) bond motifs is 1. The van der Waals surface area contributed by atoms with Crippen molar-refractivity contribution in [2.24, 2.45) is 7.05 Å². The first kappa shape index (κ1) is 24.2. The summed E-state index contributed by atoms with van der Waals surface area (Å²) < 4.78 is 41.1. The fourth-order valence-corrected chi connectivity index (χ4v) is 4.17. The number of amides is 1. The van der Waals surface area contributed by atoms with Gasteiger partial charge in [0.25, 0.3) is 5.91 Å². The molecule has 1 N–H and O–H groups in total. The summed E-state index contributed by atoms with van der Waals surface area (Å²) in [5, 5.41) is 2.70. The predicted octanol–water partition coefficient (Wildman–Crippen LogP) is 6.20. The molecule has 3 heterocycles. The number of halogens is 3. The van der Waals surface area contributed by atoms with Crippen molar-refractivity contribution < 1.29 is 18.0 Å². The topological polar surface area (TPSA) is 72.7 Å². The minimum Gasteiger partial charge on any atom is -0.347 e. The maximum absolute atomic E-state index is 13.0. The fourth-order valence-electron chi connectivity index (χ4n) is 4.17. The van der Waals surface area contributed by atoms with Crippen molar-refractivity contribution in [3.8, 4) is 11.3 Å². The van der Waals surface area contributed by atoms with Crippen LogP contribution in [-0.2, 0) is 19.6 Å². The van der Waals surface area contributed by atoms with E-state index in [-0.39, 0.29) is 5.56 Å². The summed E-state index contributed by atoms with van der Waals surface area (Å²) in [6.45, 7) is 1.94. The van der Waals surface area contributed by atoms with Crippen molar-refractivity contribution in [1.29, 1.82) is 0 Å². The van der Waals surface area contributed by atoms with Gasteiger partial charge in [-0.2, -0.15) is 13.2 Å². The fraction of sp³-hybridized carbons (Fsp3) is 0.143.